The molecule has 1 N–H and O–H groups in total. The van der Waals surface area contributed by atoms with E-state index in [0.717, 1.165) is 12.1 Å². The number of ether oxygens (including phenoxy) is 2. The zero-order valence-electron chi connectivity index (χ0n) is 13.6. The summed E-state index contributed by atoms with van der Waals surface area (Å²) in [4.78, 5) is 2.16. The Morgan fingerprint density at radius 3 is 2.68 bits per heavy atom. The highest BCUT2D eigenvalue weighted by Gasteiger charge is 2.24. The van der Waals surface area contributed by atoms with E-state index < -0.39 is 6.10 Å². The Labute approximate surface area is 131 Å². The van der Waals surface area contributed by atoms with Crippen LogP contribution in [0.15, 0.2) is 24.3 Å². The minimum absolute atomic E-state index is 0.0786. The van der Waals surface area contributed by atoms with Gasteiger partial charge in [-0.25, -0.2) is 4.39 Å². The summed E-state index contributed by atoms with van der Waals surface area (Å²) < 4.78 is 24.3. The highest BCUT2D eigenvalue weighted by atomic mass is 19.1. The third kappa shape index (κ3) is 5.65. The molecule has 0 aliphatic carbocycles. The second-order valence-corrected chi connectivity index (χ2v) is 6.75. The maximum atomic E-state index is 13.0. The Balaban J connectivity index is 1.84. The second-order valence-electron chi connectivity index (χ2n) is 6.75. The number of rotatable bonds is 5. The Hall–Kier alpha value is -1.01. The predicted molar refractivity (Wildman–Crippen MR) is 83.2 cm³/mol. The largest absolute Gasteiger partial charge is 0.389 e. The van der Waals surface area contributed by atoms with Crippen molar-refractivity contribution >= 4 is 0 Å². The van der Waals surface area contributed by atoms with Crippen LogP contribution in [0.3, 0.4) is 0 Å². The lowest BCUT2D eigenvalue weighted by atomic mass is 10.1. The molecular formula is C17H26FNO3. The van der Waals surface area contributed by atoms with Crippen LogP contribution >= 0.6 is 0 Å². The van der Waals surface area contributed by atoms with Gasteiger partial charge < -0.3 is 14.6 Å². The minimum atomic E-state index is -0.522. The summed E-state index contributed by atoms with van der Waals surface area (Å²) in [7, 11) is 0. The molecule has 0 radical (unpaired) electrons. The van der Waals surface area contributed by atoms with Gasteiger partial charge in [0.2, 0.25) is 0 Å². The molecule has 1 aromatic rings. The van der Waals surface area contributed by atoms with Gasteiger partial charge in [-0.1, -0.05) is 12.1 Å². The first-order chi connectivity index (χ1) is 10.3. The zero-order chi connectivity index (χ0) is 16.2. The molecule has 124 valence electrons. The number of benzene rings is 1. The highest BCUT2D eigenvalue weighted by Crippen LogP contribution is 2.22. The number of nitrogens with zero attached hydrogens (tertiary/aromatic N) is 1. The molecule has 0 bridgehead atoms. The van der Waals surface area contributed by atoms with E-state index in [0.29, 0.717) is 26.3 Å². The van der Waals surface area contributed by atoms with Crippen molar-refractivity contribution < 1.29 is 19.0 Å². The molecule has 0 spiro atoms. The van der Waals surface area contributed by atoms with E-state index >= 15 is 0 Å². The topological polar surface area (TPSA) is 41.9 Å². The molecule has 1 aliphatic rings. The number of hydrogen-bond acceptors (Lipinski definition) is 4. The van der Waals surface area contributed by atoms with Crippen molar-refractivity contribution in [3.05, 3.63) is 35.6 Å². The molecule has 1 aliphatic heterocycles. The third-order valence-corrected chi connectivity index (χ3v) is 3.57. The zero-order valence-corrected chi connectivity index (χ0v) is 13.6. The summed E-state index contributed by atoms with van der Waals surface area (Å²) in [6.45, 7) is 8.87. The van der Waals surface area contributed by atoms with Gasteiger partial charge in [-0.05, 0) is 38.5 Å². The molecule has 2 rings (SSSR count). The number of halogens is 1. The molecule has 4 nitrogen and oxygen atoms in total. The van der Waals surface area contributed by atoms with Crippen LogP contribution < -0.4 is 0 Å². The quantitative estimate of drug-likeness (QED) is 0.906. The first kappa shape index (κ1) is 17.3. The van der Waals surface area contributed by atoms with Crippen molar-refractivity contribution in [2.24, 2.45) is 0 Å². The number of β-amino-alcohol motifs (C(OH)–C–C–N with tert-alkyl or cyclic N) is 1. The van der Waals surface area contributed by atoms with E-state index in [4.69, 9.17) is 9.47 Å². The lowest BCUT2D eigenvalue weighted by Crippen LogP contribution is -2.44. The SMILES string of the molecule is CC(C)(C)OCC(O)CN1CCOC(c2ccc(F)cc2)C1. The van der Waals surface area contributed by atoms with Crippen LogP contribution in [0.4, 0.5) is 4.39 Å². The number of aliphatic hydroxyl groups is 1. The van der Waals surface area contributed by atoms with Gasteiger partial charge in [-0.2, -0.15) is 0 Å². The van der Waals surface area contributed by atoms with E-state index in [-0.39, 0.29) is 17.5 Å². The molecular weight excluding hydrogens is 285 g/mol. The predicted octanol–water partition coefficient (Wildman–Crippen LogP) is 2.38. The summed E-state index contributed by atoms with van der Waals surface area (Å²) >= 11 is 0. The molecule has 1 aromatic carbocycles. The van der Waals surface area contributed by atoms with Crippen LogP contribution in [0.2, 0.25) is 0 Å². The average molecular weight is 311 g/mol. The van der Waals surface area contributed by atoms with Crippen LogP contribution in [0.5, 0.6) is 0 Å². The van der Waals surface area contributed by atoms with Gasteiger partial charge in [-0.3, -0.25) is 4.90 Å². The molecule has 1 fully saturated rings. The van der Waals surface area contributed by atoms with Gasteiger partial charge in [0.1, 0.15) is 5.82 Å². The van der Waals surface area contributed by atoms with Gasteiger partial charge in [-0.15, -0.1) is 0 Å². The van der Waals surface area contributed by atoms with Crippen LogP contribution in [-0.4, -0.2) is 54.6 Å². The Morgan fingerprint density at radius 1 is 1.36 bits per heavy atom. The summed E-state index contributed by atoms with van der Waals surface area (Å²) in [6, 6.07) is 6.40. The van der Waals surface area contributed by atoms with Crippen LogP contribution in [0.1, 0.15) is 32.4 Å². The number of aliphatic hydroxyl groups excluding tert-OH is 1. The van der Waals surface area contributed by atoms with Gasteiger partial charge in [0.25, 0.3) is 0 Å². The maximum Gasteiger partial charge on any atom is 0.123 e. The molecule has 2 unspecified atom stereocenters. The molecule has 1 saturated heterocycles. The van der Waals surface area contributed by atoms with Crippen molar-refractivity contribution in [3.8, 4) is 0 Å². The maximum absolute atomic E-state index is 13.0. The van der Waals surface area contributed by atoms with Crippen LogP contribution in [0, 0.1) is 5.82 Å². The summed E-state index contributed by atoms with van der Waals surface area (Å²) in [5.41, 5.74) is 0.717. The van der Waals surface area contributed by atoms with E-state index in [9.17, 15) is 9.50 Å². The molecule has 2 atom stereocenters. The molecule has 0 saturated carbocycles. The first-order valence-electron chi connectivity index (χ1n) is 7.75. The van der Waals surface area contributed by atoms with Crippen LogP contribution in [-0.2, 0) is 9.47 Å². The van der Waals surface area contributed by atoms with Crippen molar-refractivity contribution in [3.63, 3.8) is 0 Å². The van der Waals surface area contributed by atoms with E-state index in [2.05, 4.69) is 4.90 Å². The van der Waals surface area contributed by atoms with E-state index in [1.54, 1.807) is 12.1 Å². The molecule has 0 amide bonds. The third-order valence-electron chi connectivity index (χ3n) is 3.57. The van der Waals surface area contributed by atoms with Gasteiger partial charge in [0, 0.05) is 19.6 Å². The smallest absolute Gasteiger partial charge is 0.123 e. The summed E-state index contributed by atoms with van der Waals surface area (Å²) in [5.74, 6) is -0.244. The van der Waals surface area contributed by atoms with Crippen molar-refractivity contribution in [2.75, 3.05) is 32.8 Å². The molecule has 5 heteroatoms. The highest BCUT2D eigenvalue weighted by molar-refractivity contribution is 5.19. The van der Waals surface area contributed by atoms with Gasteiger partial charge in [0.15, 0.2) is 0 Å². The summed E-state index contributed by atoms with van der Waals surface area (Å²) in [6.07, 6.45) is -0.601. The lowest BCUT2D eigenvalue weighted by Gasteiger charge is -2.34. The number of morpholine rings is 1. The standard InChI is InChI=1S/C17H26FNO3/c1-17(2,3)22-12-15(20)10-19-8-9-21-16(11-19)13-4-6-14(18)7-5-13/h4-7,15-16,20H,8-12H2,1-3H3. The number of hydrogen-bond donors (Lipinski definition) is 1. The Bertz CT molecular complexity index is 458. The Morgan fingerprint density at radius 2 is 2.05 bits per heavy atom. The second kappa shape index (κ2) is 7.51. The Kier molecular flexibility index (Phi) is 5.92. The van der Waals surface area contributed by atoms with Gasteiger partial charge in [0.05, 0.1) is 31.0 Å². The van der Waals surface area contributed by atoms with Crippen LogP contribution in [0.25, 0.3) is 0 Å². The van der Waals surface area contributed by atoms with Crippen molar-refractivity contribution in [1.82, 2.24) is 4.90 Å². The average Bonchev–Trinajstić information content (AvgIpc) is 2.45. The van der Waals surface area contributed by atoms with Crippen molar-refractivity contribution in [1.29, 1.82) is 0 Å². The minimum Gasteiger partial charge on any atom is -0.389 e. The fraction of sp³-hybridized carbons (Fsp3) is 0.647. The van der Waals surface area contributed by atoms with E-state index in [1.807, 2.05) is 20.8 Å². The van der Waals surface area contributed by atoms with E-state index in [1.165, 1.54) is 12.1 Å². The monoisotopic (exact) mass is 311 g/mol. The normalized spacial score (nSPS) is 21.8. The fourth-order valence-electron chi connectivity index (χ4n) is 2.44. The first-order valence-corrected chi connectivity index (χ1v) is 7.75. The fourth-order valence-corrected chi connectivity index (χ4v) is 2.44. The van der Waals surface area contributed by atoms with Crippen molar-refractivity contribution in [2.45, 2.75) is 38.6 Å². The lowest BCUT2D eigenvalue weighted by molar-refractivity contribution is -0.0757. The molecule has 22 heavy (non-hydrogen) atoms. The molecule has 1 heterocycles. The van der Waals surface area contributed by atoms with Gasteiger partial charge >= 0.3 is 0 Å². The molecule has 0 aromatic heterocycles. The summed E-state index contributed by atoms with van der Waals surface area (Å²) in [5, 5.41) is 10.1.